The number of unbranched alkanes of at least 4 members (excludes halogenated alkanes) is 2. The topological polar surface area (TPSA) is 0 Å². The van der Waals surface area contributed by atoms with E-state index in [2.05, 4.69) is 19.9 Å². The van der Waals surface area contributed by atoms with Crippen molar-refractivity contribution in [3.8, 4) is 0 Å². The summed E-state index contributed by atoms with van der Waals surface area (Å²) in [5.74, 6) is 3.96. The Morgan fingerprint density at radius 3 is 1.90 bits per heavy atom. The van der Waals surface area contributed by atoms with Crippen molar-refractivity contribution in [3.05, 3.63) is 35.1 Å². The minimum atomic E-state index is 0.0124. The molecule has 2 aliphatic rings. The van der Waals surface area contributed by atoms with E-state index in [-0.39, 0.29) is 5.82 Å². The molecule has 0 aromatic heterocycles. The molecule has 0 saturated heterocycles. The van der Waals surface area contributed by atoms with E-state index >= 15 is 0 Å². The Labute approximate surface area is 180 Å². The average molecular weight is 401 g/mol. The van der Waals surface area contributed by atoms with E-state index in [1.807, 2.05) is 6.07 Å². The summed E-state index contributed by atoms with van der Waals surface area (Å²) in [6, 6.07) is 5.98. The Hall–Kier alpha value is -0.850. The summed E-state index contributed by atoms with van der Waals surface area (Å²) >= 11 is 0. The zero-order valence-corrected chi connectivity index (χ0v) is 19.2. The van der Waals surface area contributed by atoms with Crippen LogP contribution in [0.25, 0.3) is 0 Å². The van der Waals surface area contributed by atoms with Gasteiger partial charge in [-0.3, -0.25) is 0 Å². The zero-order valence-electron chi connectivity index (χ0n) is 19.2. The molecule has 0 aliphatic heterocycles. The van der Waals surface area contributed by atoms with Crippen molar-refractivity contribution >= 4 is 0 Å². The molecule has 0 amide bonds. The maximum absolute atomic E-state index is 14.2. The van der Waals surface area contributed by atoms with Crippen molar-refractivity contribution in [2.24, 2.45) is 23.7 Å². The van der Waals surface area contributed by atoms with Gasteiger partial charge in [-0.25, -0.2) is 4.39 Å². The number of hydrogen-bond acceptors (Lipinski definition) is 0. The summed E-state index contributed by atoms with van der Waals surface area (Å²) in [5, 5.41) is 0. The number of benzene rings is 1. The number of rotatable bonds is 10. The van der Waals surface area contributed by atoms with Crippen LogP contribution in [-0.2, 0) is 12.8 Å². The lowest BCUT2D eigenvalue weighted by atomic mass is 9.68. The summed E-state index contributed by atoms with van der Waals surface area (Å²) in [6.07, 6.45) is 21.7. The molecule has 2 aliphatic carbocycles. The minimum Gasteiger partial charge on any atom is -0.207 e. The van der Waals surface area contributed by atoms with Crippen LogP contribution in [-0.4, -0.2) is 0 Å². The van der Waals surface area contributed by atoms with E-state index in [0.29, 0.717) is 0 Å². The second-order valence-corrected chi connectivity index (χ2v) is 10.3. The van der Waals surface area contributed by atoms with Gasteiger partial charge in [0.15, 0.2) is 0 Å². The van der Waals surface area contributed by atoms with E-state index in [9.17, 15) is 4.39 Å². The molecule has 0 N–H and O–H groups in total. The van der Waals surface area contributed by atoms with Gasteiger partial charge in [-0.1, -0.05) is 83.8 Å². The molecule has 1 aromatic carbocycles. The van der Waals surface area contributed by atoms with Crippen LogP contribution in [0.1, 0.15) is 115 Å². The van der Waals surface area contributed by atoms with Gasteiger partial charge in [0.2, 0.25) is 0 Å². The minimum absolute atomic E-state index is 0.0124. The highest BCUT2D eigenvalue weighted by Gasteiger charge is 2.30. The van der Waals surface area contributed by atoms with Crippen molar-refractivity contribution in [2.75, 3.05) is 0 Å². The normalized spacial score (nSPS) is 27.8. The standard InChI is InChI=1S/C28H45F/c1-3-5-6-8-22-11-16-25(17-12-22)26-18-13-23(14-19-26)9-10-24-15-20-27(7-4-2)28(29)21-24/h15,20-23,25-26H,3-14,16-19H2,1-2H3/t22-,23-,25-,26-. The molecule has 0 atom stereocenters. The SMILES string of the molecule is CCCCC[C@H]1CC[C@H]([C@H]2CC[C@H](CCc3ccc(CCC)c(F)c3)CC2)CC1. The second-order valence-electron chi connectivity index (χ2n) is 10.3. The molecular formula is C28H45F. The molecule has 0 unspecified atom stereocenters. The van der Waals surface area contributed by atoms with Gasteiger partial charge < -0.3 is 0 Å². The quantitative estimate of drug-likeness (QED) is 0.344. The summed E-state index contributed by atoms with van der Waals surface area (Å²) in [4.78, 5) is 0. The number of aryl methyl sites for hydroxylation is 2. The van der Waals surface area contributed by atoms with Crippen molar-refractivity contribution in [3.63, 3.8) is 0 Å². The smallest absolute Gasteiger partial charge is 0.126 e. The van der Waals surface area contributed by atoms with Crippen LogP contribution >= 0.6 is 0 Å². The van der Waals surface area contributed by atoms with E-state index in [0.717, 1.165) is 48.5 Å². The molecule has 1 heteroatoms. The third-order valence-electron chi connectivity index (χ3n) is 8.14. The lowest BCUT2D eigenvalue weighted by Gasteiger charge is -2.38. The molecular weight excluding hydrogens is 355 g/mol. The molecule has 0 nitrogen and oxygen atoms in total. The molecule has 2 saturated carbocycles. The lowest BCUT2D eigenvalue weighted by Crippen LogP contribution is -2.26. The first-order chi connectivity index (χ1) is 14.2. The predicted octanol–water partition coefficient (Wildman–Crippen LogP) is 8.90. The van der Waals surface area contributed by atoms with Crippen LogP contribution in [0.4, 0.5) is 4.39 Å². The van der Waals surface area contributed by atoms with Gasteiger partial charge in [0.05, 0.1) is 0 Å². The summed E-state index contributed by atoms with van der Waals surface area (Å²) in [7, 11) is 0. The average Bonchev–Trinajstić information content (AvgIpc) is 2.75. The van der Waals surface area contributed by atoms with Crippen LogP contribution in [0.5, 0.6) is 0 Å². The van der Waals surface area contributed by atoms with E-state index in [1.165, 1.54) is 89.0 Å². The summed E-state index contributed by atoms with van der Waals surface area (Å²) in [5.41, 5.74) is 2.09. The Morgan fingerprint density at radius 2 is 1.34 bits per heavy atom. The van der Waals surface area contributed by atoms with Crippen molar-refractivity contribution in [2.45, 2.75) is 117 Å². The fourth-order valence-electron chi connectivity index (χ4n) is 6.17. The Morgan fingerprint density at radius 1 is 0.724 bits per heavy atom. The maximum atomic E-state index is 14.2. The highest BCUT2D eigenvalue weighted by atomic mass is 19.1. The van der Waals surface area contributed by atoms with Crippen molar-refractivity contribution in [1.29, 1.82) is 0 Å². The van der Waals surface area contributed by atoms with Gasteiger partial charge in [-0.2, -0.15) is 0 Å². The van der Waals surface area contributed by atoms with Crippen LogP contribution in [0, 0.1) is 29.5 Å². The molecule has 1 aromatic rings. The van der Waals surface area contributed by atoms with Crippen LogP contribution in [0.15, 0.2) is 18.2 Å². The molecule has 0 heterocycles. The van der Waals surface area contributed by atoms with Gasteiger partial charge in [0, 0.05) is 0 Å². The maximum Gasteiger partial charge on any atom is 0.126 e. The first kappa shape index (κ1) is 22.8. The predicted molar refractivity (Wildman–Crippen MR) is 124 cm³/mol. The molecule has 2 fully saturated rings. The van der Waals surface area contributed by atoms with E-state index in [1.54, 1.807) is 6.07 Å². The molecule has 164 valence electrons. The van der Waals surface area contributed by atoms with Crippen LogP contribution in [0.2, 0.25) is 0 Å². The van der Waals surface area contributed by atoms with Crippen LogP contribution in [0.3, 0.4) is 0 Å². The molecule has 0 bridgehead atoms. The number of hydrogen-bond donors (Lipinski definition) is 0. The van der Waals surface area contributed by atoms with Crippen LogP contribution < -0.4 is 0 Å². The Balaban J connectivity index is 1.34. The van der Waals surface area contributed by atoms with Crippen molar-refractivity contribution < 1.29 is 4.39 Å². The third-order valence-corrected chi connectivity index (χ3v) is 8.14. The van der Waals surface area contributed by atoms with Crippen molar-refractivity contribution in [1.82, 2.24) is 0 Å². The van der Waals surface area contributed by atoms with Gasteiger partial charge in [0.25, 0.3) is 0 Å². The zero-order chi connectivity index (χ0) is 20.5. The van der Waals surface area contributed by atoms with E-state index < -0.39 is 0 Å². The highest BCUT2D eigenvalue weighted by Crippen LogP contribution is 2.43. The first-order valence-corrected chi connectivity index (χ1v) is 13.0. The van der Waals surface area contributed by atoms with Gasteiger partial charge in [-0.15, -0.1) is 0 Å². The number of halogens is 1. The summed E-state index contributed by atoms with van der Waals surface area (Å²) < 4.78 is 14.2. The second kappa shape index (κ2) is 12.1. The lowest BCUT2D eigenvalue weighted by molar-refractivity contribution is 0.140. The Kier molecular flexibility index (Phi) is 9.53. The fourth-order valence-corrected chi connectivity index (χ4v) is 6.17. The van der Waals surface area contributed by atoms with E-state index in [4.69, 9.17) is 0 Å². The molecule has 0 radical (unpaired) electrons. The molecule has 0 spiro atoms. The third kappa shape index (κ3) is 7.11. The highest BCUT2D eigenvalue weighted by molar-refractivity contribution is 5.24. The van der Waals surface area contributed by atoms with Gasteiger partial charge in [0.1, 0.15) is 5.82 Å². The Bertz CT molecular complexity index is 576. The van der Waals surface area contributed by atoms with Gasteiger partial charge >= 0.3 is 0 Å². The molecule has 29 heavy (non-hydrogen) atoms. The fraction of sp³-hybridized carbons (Fsp3) is 0.786. The molecule has 3 rings (SSSR count). The first-order valence-electron chi connectivity index (χ1n) is 13.0. The summed E-state index contributed by atoms with van der Waals surface area (Å²) in [6.45, 7) is 4.43. The van der Waals surface area contributed by atoms with Gasteiger partial charge in [-0.05, 0) is 85.8 Å². The monoisotopic (exact) mass is 400 g/mol. The largest absolute Gasteiger partial charge is 0.207 e.